The van der Waals surface area contributed by atoms with Gasteiger partial charge in [0.15, 0.2) is 0 Å². The Hall–Kier alpha value is -2.68. The summed E-state index contributed by atoms with van der Waals surface area (Å²) in [5, 5.41) is 3.48. The van der Waals surface area contributed by atoms with Gasteiger partial charge in [0.25, 0.3) is 0 Å². The van der Waals surface area contributed by atoms with Gasteiger partial charge >= 0.3 is 6.18 Å². The van der Waals surface area contributed by atoms with E-state index in [1.165, 1.54) is 31.3 Å². The van der Waals surface area contributed by atoms with Gasteiger partial charge < -0.3 is 4.90 Å². The number of anilines is 2. The van der Waals surface area contributed by atoms with Crippen LogP contribution in [0.3, 0.4) is 0 Å². The van der Waals surface area contributed by atoms with E-state index in [4.69, 9.17) is 12.2 Å². The van der Waals surface area contributed by atoms with Crippen LogP contribution in [-0.2, 0) is 13.2 Å². The van der Waals surface area contributed by atoms with Crippen molar-refractivity contribution in [2.75, 3.05) is 11.9 Å². The largest absolute Gasteiger partial charge is 0.452 e. The van der Waals surface area contributed by atoms with Crippen LogP contribution in [0.5, 0.6) is 0 Å². The van der Waals surface area contributed by atoms with Gasteiger partial charge in [0, 0.05) is 25.5 Å². The van der Waals surface area contributed by atoms with Crippen LogP contribution >= 0.6 is 12.2 Å². The highest BCUT2D eigenvalue weighted by Crippen LogP contribution is 2.31. The molecule has 0 saturated carbocycles. The molecule has 0 fully saturated rings. The SMILES string of the molecule is CN(c1ccc(F)cc1)c1ccc(-n2c(C(F)(F)F)nn(C)c2=S)cc1. The van der Waals surface area contributed by atoms with Gasteiger partial charge in [-0.25, -0.2) is 9.07 Å². The molecular formula is C17H14F4N4S. The Labute approximate surface area is 151 Å². The van der Waals surface area contributed by atoms with Crippen molar-refractivity contribution in [1.29, 1.82) is 0 Å². The van der Waals surface area contributed by atoms with Gasteiger partial charge in [-0.2, -0.15) is 13.2 Å². The number of alkyl halides is 3. The summed E-state index contributed by atoms with van der Waals surface area (Å²) in [4.78, 5) is 1.79. The molecule has 136 valence electrons. The van der Waals surface area contributed by atoms with Crippen molar-refractivity contribution < 1.29 is 17.6 Å². The van der Waals surface area contributed by atoms with Gasteiger partial charge in [0.2, 0.25) is 10.6 Å². The lowest BCUT2D eigenvalue weighted by molar-refractivity contribution is -0.146. The maximum absolute atomic E-state index is 13.2. The van der Waals surface area contributed by atoms with Crippen molar-refractivity contribution in [2.24, 2.45) is 7.05 Å². The molecule has 3 rings (SSSR count). The van der Waals surface area contributed by atoms with Gasteiger partial charge in [0.1, 0.15) is 5.82 Å². The zero-order chi connectivity index (χ0) is 19.1. The quantitative estimate of drug-likeness (QED) is 0.478. The van der Waals surface area contributed by atoms with E-state index in [1.807, 2.05) is 0 Å². The Morgan fingerprint density at radius 3 is 1.96 bits per heavy atom. The molecule has 0 bridgehead atoms. The van der Waals surface area contributed by atoms with Crippen molar-refractivity contribution >= 4 is 23.6 Å². The molecule has 0 aliphatic rings. The number of aromatic nitrogens is 3. The first kappa shape index (κ1) is 18.1. The van der Waals surface area contributed by atoms with Gasteiger partial charge in [-0.05, 0) is 60.7 Å². The number of benzene rings is 2. The van der Waals surface area contributed by atoms with E-state index < -0.39 is 12.0 Å². The zero-order valence-electron chi connectivity index (χ0n) is 13.8. The average molecular weight is 382 g/mol. The normalized spacial score (nSPS) is 11.6. The second-order valence-electron chi connectivity index (χ2n) is 5.61. The van der Waals surface area contributed by atoms with Gasteiger partial charge in [0.05, 0.1) is 5.69 Å². The number of halogens is 4. The molecule has 0 spiro atoms. The Kier molecular flexibility index (Phi) is 4.57. The summed E-state index contributed by atoms with van der Waals surface area (Å²) in [6, 6.07) is 12.3. The highest BCUT2D eigenvalue weighted by Gasteiger charge is 2.38. The smallest absolute Gasteiger partial charge is 0.345 e. The molecule has 0 unspecified atom stereocenters. The minimum Gasteiger partial charge on any atom is -0.345 e. The fourth-order valence-electron chi connectivity index (χ4n) is 2.52. The molecule has 1 heterocycles. The Bertz CT molecular complexity index is 972. The molecule has 2 aromatic carbocycles. The van der Waals surface area contributed by atoms with Crippen LogP contribution in [0.4, 0.5) is 28.9 Å². The average Bonchev–Trinajstić information content (AvgIpc) is 2.91. The van der Waals surface area contributed by atoms with Gasteiger partial charge in [-0.3, -0.25) is 4.57 Å². The van der Waals surface area contributed by atoms with E-state index >= 15 is 0 Å². The fraction of sp³-hybridized carbons (Fsp3) is 0.176. The second kappa shape index (κ2) is 6.56. The van der Waals surface area contributed by atoms with Crippen LogP contribution in [-0.4, -0.2) is 21.4 Å². The first-order chi connectivity index (χ1) is 12.2. The Balaban J connectivity index is 1.98. The molecule has 3 aromatic rings. The molecular weight excluding hydrogens is 368 g/mol. The summed E-state index contributed by atoms with van der Waals surface area (Å²) >= 11 is 5.06. The van der Waals surface area contributed by atoms with E-state index in [0.717, 1.165) is 20.6 Å². The summed E-state index contributed by atoms with van der Waals surface area (Å²) in [6.45, 7) is 0. The van der Waals surface area contributed by atoms with E-state index in [1.54, 1.807) is 36.2 Å². The lowest BCUT2D eigenvalue weighted by atomic mass is 10.2. The monoisotopic (exact) mass is 382 g/mol. The van der Waals surface area contributed by atoms with Crippen LogP contribution in [0.1, 0.15) is 5.82 Å². The number of nitrogens with zero attached hydrogens (tertiary/aromatic N) is 4. The molecule has 4 nitrogen and oxygen atoms in total. The van der Waals surface area contributed by atoms with Crippen molar-refractivity contribution in [2.45, 2.75) is 6.18 Å². The van der Waals surface area contributed by atoms with E-state index in [9.17, 15) is 17.6 Å². The molecule has 0 amide bonds. The van der Waals surface area contributed by atoms with E-state index in [0.29, 0.717) is 0 Å². The predicted molar refractivity (Wildman–Crippen MR) is 92.8 cm³/mol. The molecule has 26 heavy (non-hydrogen) atoms. The Morgan fingerprint density at radius 2 is 1.46 bits per heavy atom. The third-order valence-corrected chi connectivity index (χ3v) is 4.33. The first-order valence-electron chi connectivity index (χ1n) is 7.51. The predicted octanol–water partition coefficient (Wildman–Crippen LogP) is 4.87. The summed E-state index contributed by atoms with van der Waals surface area (Å²) < 4.78 is 54.5. The highest BCUT2D eigenvalue weighted by molar-refractivity contribution is 7.71. The molecule has 0 aliphatic heterocycles. The van der Waals surface area contributed by atoms with Gasteiger partial charge in [-0.15, -0.1) is 5.10 Å². The molecule has 0 N–H and O–H groups in total. The molecule has 1 aromatic heterocycles. The van der Waals surface area contributed by atoms with E-state index in [2.05, 4.69) is 5.10 Å². The lowest BCUT2D eigenvalue weighted by Crippen LogP contribution is -2.14. The molecule has 0 aliphatic carbocycles. The fourth-order valence-corrected chi connectivity index (χ4v) is 2.75. The molecule has 0 radical (unpaired) electrons. The summed E-state index contributed by atoms with van der Waals surface area (Å²) in [6.07, 6.45) is -4.63. The first-order valence-corrected chi connectivity index (χ1v) is 7.92. The van der Waals surface area contributed by atoms with Crippen LogP contribution in [0.25, 0.3) is 5.69 Å². The molecule has 0 saturated heterocycles. The third kappa shape index (κ3) is 3.34. The maximum atomic E-state index is 13.2. The van der Waals surface area contributed by atoms with E-state index in [-0.39, 0.29) is 16.3 Å². The third-order valence-electron chi connectivity index (χ3n) is 3.89. The number of hydrogen-bond donors (Lipinski definition) is 0. The summed E-state index contributed by atoms with van der Waals surface area (Å²) in [7, 11) is 3.14. The van der Waals surface area contributed by atoms with Crippen LogP contribution in [0.15, 0.2) is 48.5 Å². The molecule has 0 atom stereocenters. The standard InChI is InChI=1S/C17H14F4N4S/c1-23(12-5-3-11(18)4-6-12)13-7-9-14(10-8-13)25-15(17(19,20)21)22-24(2)16(25)26/h3-10H,1-2H3. The zero-order valence-corrected chi connectivity index (χ0v) is 14.6. The topological polar surface area (TPSA) is 26.0 Å². The maximum Gasteiger partial charge on any atom is 0.452 e. The minimum absolute atomic E-state index is 0.0584. The number of aryl methyl sites for hydroxylation is 1. The van der Waals surface area contributed by atoms with Crippen molar-refractivity contribution in [1.82, 2.24) is 14.3 Å². The van der Waals surface area contributed by atoms with Gasteiger partial charge in [-0.1, -0.05) is 0 Å². The minimum atomic E-state index is -4.63. The highest BCUT2D eigenvalue weighted by atomic mass is 32.1. The Morgan fingerprint density at radius 1 is 0.962 bits per heavy atom. The van der Waals surface area contributed by atoms with Crippen LogP contribution in [0.2, 0.25) is 0 Å². The van der Waals surface area contributed by atoms with Crippen LogP contribution < -0.4 is 4.90 Å². The number of rotatable bonds is 3. The second-order valence-corrected chi connectivity index (χ2v) is 5.98. The molecule has 9 heteroatoms. The summed E-state index contributed by atoms with van der Waals surface area (Å²) in [5.74, 6) is -1.42. The van der Waals surface area contributed by atoms with Crippen molar-refractivity contribution in [3.05, 3.63) is 64.9 Å². The lowest BCUT2D eigenvalue weighted by Gasteiger charge is -2.20. The number of hydrogen-bond acceptors (Lipinski definition) is 3. The summed E-state index contributed by atoms with van der Waals surface area (Å²) in [5.41, 5.74) is 1.73. The van der Waals surface area contributed by atoms with Crippen molar-refractivity contribution in [3.63, 3.8) is 0 Å². The van der Waals surface area contributed by atoms with Crippen LogP contribution in [0, 0.1) is 10.6 Å². The van der Waals surface area contributed by atoms with Crippen molar-refractivity contribution in [3.8, 4) is 5.69 Å².